The zero-order chi connectivity index (χ0) is 14.5. The molecule has 20 heavy (non-hydrogen) atoms. The van der Waals surface area contributed by atoms with Crippen LogP contribution in [-0.2, 0) is 6.54 Å². The number of nitrogens with one attached hydrogen (secondary N) is 1. The molecule has 0 bridgehead atoms. The minimum Gasteiger partial charge on any atom is -0.497 e. The van der Waals surface area contributed by atoms with Gasteiger partial charge in [-0.3, -0.25) is 4.98 Å². The fraction of sp³-hybridized carbons (Fsp3) is 0.143. The number of ether oxygens (including phenoxy) is 1. The molecule has 0 radical (unpaired) electrons. The topological polar surface area (TPSA) is 71.5 Å². The average Bonchev–Trinajstić information content (AvgIpc) is 2.45. The Morgan fingerprint density at radius 1 is 1.40 bits per heavy atom. The van der Waals surface area contributed by atoms with E-state index in [9.17, 15) is 4.79 Å². The average molecular weight is 337 g/mol. The van der Waals surface area contributed by atoms with Crippen molar-refractivity contribution in [1.29, 1.82) is 0 Å². The van der Waals surface area contributed by atoms with Gasteiger partial charge in [0.2, 0.25) is 0 Å². The van der Waals surface area contributed by atoms with Gasteiger partial charge in [0.1, 0.15) is 5.75 Å². The number of aromatic nitrogens is 1. The summed E-state index contributed by atoms with van der Waals surface area (Å²) in [5.74, 6) is -0.232. The molecule has 0 aliphatic rings. The smallest absolute Gasteiger partial charge is 0.337 e. The second kappa shape index (κ2) is 6.38. The van der Waals surface area contributed by atoms with Crippen molar-refractivity contribution in [2.75, 3.05) is 12.4 Å². The highest BCUT2D eigenvalue weighted by molar-refractivity contribution is 9.10. The lowest BCUT2D eigenvalue weighted by atomic mass is 10.2. The molecule has 0 saturated carbocycles. The first kappa shape index (κ1) is 14.3. The van der Waals surface area contributed by atoms with Crippen molar-refractivity contribution in [3.05, 3.63) is 52.3 Å². The summed E-state index contributed by atoms with van der Waals surface area (Å²) in [5, 5.41) is 12.0. The van der Waals surface area contributed by atoms with Crippen molar-refractivity contribution in [1.82, 2.24) is 4.98 Å². The lowest BCUT2D eigenvalue weighted by Crippen LogP contribution is -2.04. The Bertz CT molecular complexity index is 614. The van der Waals surface area contributed by atoms with Crippen LogP contribution in [-0.4, -0.2) is 23.2 Å². The Kier molecular flexibility index (Phi) is 4.57. The molecule has 104 valence electrons. The number of carbonyl (C=O) groups is 1. The van der Waals surface area contributed by atoms with Crippen LogP contribution in [0.25, 0.3) is 0 Å². The second-order valence-electron chi connectivity index (χ2n) is 4.08. The van der Waals surface area contributed by atoms with Crippen molar-refractivity contribution in [2.45, 2.75) is 6.54 Å². The van der Waals surface area contributed by atoms with Gasteiger partial charge in [0, 0.05) is 22.4 Å². The number of pyridine rings is 1. The third-order valence-corrected chi connectivity index (χ3v) is 3.11. The molecule has 0 fully saturated rings. The summed E-state index contributed by atoms with van der Waals surface area (Å²) in [4.78, 5) is 14.8. The van der Waals surface area contributed by atoms with Crippen LogP contribution in [0.4, 0.5) is 5.69 Å². The number of carboxylic acids is 1. The molecular formula is C14H13BrN2O3. The molecule has 2 aromatic rings. The zero-order valence-electron chi connectivity index (χ0n) is 10.8. The normalized spacial score (nSPS) is 10.1. The quantitative estimate of drug-likeness (QED) is 0.877. The van der Waals surface area contributed by atoms with E-state index in [1.807, 2.05) is 18.2 Å². The number of carboxylic acid groups (broad SMARTS) is 1. The lowest BCUT2D eigenvalue weighted by Gasteiger charge is -2.09. The number of hydrogen-bond acceptors (Lipinski definition) is 4. The molecule has 1 aromatic heterocycles. The summed E-state index contributed by atoms with van der Waals surface area (Å²) >= 11 is 3.40. The molecule has 0 spiro atoms. The van der Waals surface area contributed by atoms with E-state index in [1.165, 1.54) is 12.3 Å². The van der Waals surface area contributed by atoms with Gasteiger partial charge in [-0.25, -0.2) is 4.79 Å². The highest BCUT2D eigenvalue weighted by Crippen LogP contribution is 2.24. The maximum Gasteiger partial charge on any atom is 0.337 e. The van der Waals surface area contributed by atoms with Crippen molar-refractivity contribution >= 4 is 27.6 Å². The van der Waals surface area contributed by atoms with Crippen LogP contribution in [0.3, 0.4) is 0 Å². The SMILES string of the molecule is COc1cc(Br)cc(NCc2ccc(C(=O)O)cn2)c1. The van der Waals surface area contributed by atoms with Gasteiger partial charge in [-0.15, -0.1) is 0 Å². The summed E-state index contributed by atoms with van der Waals surface area (Å²) in [5.41, 5.74) is 1.83. The van der Waals surface area contributed by atoms with E-state index < -0.39 is 5.97 Å². The first-order chi connectivity index (χ1) is 9.58. The van der Waals surface area contributed by atoms with E-state index in [4.69, 9.17) is 9.84 Å². The number of hydrogen-bond donors (Lipinski definition) is 2. The molecule has 0 aliphatic heterocycles. The number of anilines is 1. The van der Waals surface area contributed by atoms with E-state index in [-0.39, 0.29) is 5.56 Å². The maximum absolute atomic E-state index is 10.7. The Morgan fingerprint density at radius 3 is 2.80 bits per heavy atom. The minimum atomic E-state index is -0.978. The van der Waals surface area contributed by atoms with Gasteiger partial charge in [-0.2, -0.15) is 0 Å². The third kappa shape index (κ3) is 3.71. The fourth-order valence-electron chi connectivity index (χ4n) is 1.63. The Balaban J connectivity index is 2.04. The van der Waals surface area contributed by atoms with Crippen LogP contribution in [0.2, 0.25) is 0 Å². The van der Waals surface area contributed by atoms with Gasteiger partial charge in [0.15, 0.2) is 0 Å². The van der Waals surface area contributed by atoms with E-state index in [0.717, 1.165) is 21.6 Å². The predicted molar refractivity (Wildman–Crippen MR) is 79.2 cm³/mol. The van der Waals surface area contributed by atoms with E-state index in [2.05, 4.69) is 26.2 Å². The number of aromatic carboxylic acids is 1. The lowest BCUT2D eigenvalue weighted by molar-refractivity contribution is 0.0696. The Labute approximate surface area is 124 Å². The van der Waals surface area contributed by atoms with Crippen molar-refractivity contribution in [3.8, 4) is 5.75 Å². The van der Waals surface area contributed by atoms with Crippen LogP contribution in [0, 0.1) is 0 Å². The highest BCUT2D eigenvalue weighted by atomic mass is 79.9. The molecular weight excluding hydrogens is 324 g/mol. The molecule has 0 amide bonds. The number of nitrogens with zero attached hydrogens (tertiary/aromatic N) is 1. The fourth-order valence-corrected chi connectivity index (χ4v) is 2.10. The van der Waals surface area contributed by atoms with E-state index in [0.29, 0.717) is 6.54 Å². The van der Waals surface area contributed by atoms with Crippen molar-refractivity contribution in [2.24, 2.45) is 0 Å². The summed E-state index contributed by atoms with van der Waals surface area (Å²) < 4.78 is 6.09. The molecule has 1 heterocycles. The molecule has 1 aromatic carbocycles. The van der Waals surface area contributed by atoms with Crippen molar-refractivity contribution in [3.63, 3.8) is 0 Å². The maximum atomic E-state index is 10.7. The summed E-state index contributed by atoms with van der Waals surface area (Å²) in [6, 6.07) is 8.88. The molecule has 2 N–H and O–H groups in total. The summed E-state index contributed by atoms with van der Waals surface area (Å²) in [7, 11) is 1.61. The van der Waals surface area contributed by atoms with Crippen molar-refractivity contribution < 1.29 is 14.6 Å². The molecule has 0 atom stereocenters. The molecule has 6 heteroatoms. The van der Waals surface area contributed by atoms with Crippen LogP contribution in [0.1, 0.15) is 16.1 Å². The number of methoxy groups -OCH3 is 1. The number of halogens is 1. The molecule has 2 rings (SSSR count). The van der Waals surface area contributed by atoms with Gasteiger partial charge in [0.25, 0.3) is 0 Å². The van der Waals surface area contributed by atoms with Gasteiger partial charge < -0.3 is 15.2 Å². The van der Waals surface area contributed by atoms with Crippen LogP contribution in [0.15, 0.2) is 41.0 Å². The zero-order valence-corrected chi connectivity index (χ0v) is 12.3. The summed E-state index contributed by atoms with van der Waals surface area (Å²) in [6.45, 7) is 0.500. The van der Waals surface area contributed by atoms with Gasteiger partial charge in [-0.1, -0.05) is 15.9 Å². The standard InChI is InChI=1S/C14H13BrN2O3/c1-20-13-5-10(15)4-12(6-13)17-8-11-3-2-9(7-16-11)14(18)19/h2-7,17H,8H2,1H3,(H,18,19). The largest absolute Gasteiger partial charge is 0.497 e. The molecule has 0 unspecified atom stereocenters. The number of rotatable bonds is 5. The second-order valence-corrected chi connectivity index (χ2v) is 4.99. The Hall–Kier alpha value is -2.08. The first-order valence-corrected chi connectivity index (χ1v) is 6.64. The molecule has 5 nitrogen and oxygen atoms in total. The van der Waals surface area contributed by atoms with Gasteiger partial charge in [-0.05, 0) is 24.3 Å². The molecule has 0 saturated heterocycles. The predicted octanol–water partition coefficient (Wildman–Crippen LogP) is 3.16. The Morgan fingerprint density at radius 2 is 2.20 bits per heavy atom. The van der Waals surface area contributed by atoms with E-state index >= 15 is 0 Å². The van der Waals surface area contributed by atoms with Crippen LogP contribution >= 0.6 is 15.9 Å². The van der Waals surface area contributed by atoms with Gasteiger partial charge >= 0.3 is 5.97 Å². The van der Waals surface area contributed by atoms with Crippen LogP contribution < -0.4 is 10.1 Å². The van der Waals surface area contributed by atoms with Gasteiger partial charge in [0.05, 0.1) is 24.9 Å². The third-order valence-electron chi connectivity index (χ3n) is 2.65. The first-order valence-electron chi connectivity index (χ1n) is 5.85. The summed E-state index contributed by atoms with van der Waals surface area (Å²) in [6.07, 6.45) is 1.35. The highest BCUT2D eigenvalue weighted by Gasteiger charge is 2.04. The monoisotopic (exact) mass is 336 g/mol. The molecule has 0 aliphatic carbocycles. The number of benzene rings is 1. The van der Waals surface area contributed by atoms with Crippen LogP contribution in [0.5, 0.6) is 5.75 Å². The minimum absolute atomic E-state index is 0.179. The van der Waals surface area contributed by atoms with E-state index in [1.54, 1.807) is 13.2 Å².